The van der Waals surface area contributed by atoms with E-state index >= 15 is 0 Å². The van der Waals surface area contributed by atoms with E-state index in [1.54, 1.807) is 49.7 Å². The first-order chi connectivity index (χ1) is 11.1. The van der Waals surface area contributed by atoms with Crippen molar-refractivity contribution in [2.24, 2.45) is 7.05 Å². The van der Waals surface area contributed by atoms with Gasteiger partial charge in [0.15, 0.2) is 0 Å². The Morgan fingerprint density at radius 1 is 1.09 bits per heavy atom. The molecule has 0 saturated carbocycles. The molecule has 0 saturated heterocycles. The summed E-state index contributed by atoms with van der Waals surface area (Å²) in [5.41, 5.74) is 1.34. The Hall–Kier alpha value is -3.08. The maximum Gasteiger partial charge on any atom is 0.255 e. The number of fused-ring (bicyclic) bond motifs is 1. The SMILES string of the molecule is COc1ccc(C(=O)Nc2cn(C)c3ccccc3c2=O)cc1. The van der Waals surface area contributed by atoms with E-state index in [9.17, 15) is 9.59 Å². The molecule has 0 spiro atoms. The van der Waals surface area contributed by atoms with Gasteiger partial charge in [0.2, 0.25) is 5.43 Å². The lowest BCUT2D eigenvalue weighted by atomic mass is 10.1. The van der Waals surface area contributed by atoms with Crippen LogP contribution in [-0.2, 0) is 7.05 Å². The topological polar surface area (TPSA) is 60.3 Å². The predicted octanol–water partition coefficient (Wildman–Crippen LogP) is 2.80. The molecule has 1 aromatic heterocycles. The van der Waals surface area contributed by atoms with Crippen molar-refractivity contribution in [3.8, 4) is 5.75 Å². The highest BCUT2D eigenvalue weighted by Gasteiger charge is 2.11. The maximum atomic E-state index is 12.5. The Bertz CT molecular complexity index is 927. The molecular weight excluding hydrogens is 292 g/mol. The summed E-state index contributed by atoms with van der Waals surface area (Å²) in [6.07, 6.45) is 1.63. The second kappa shape index (κ2) is 5.96. The number of hydrogen-bond donors (Lipinski definition) is 1. The van der Waals surface area contributed by atoms with Gasteiger partial charge < -0.3 is 14.6 Å². The molecule has 0 fully saturated rings. The lowest BCUT2D eigenvalue weighted by Crippen LogP contribution is -2.20. The van der Waals surface area contributed by atoms with Crippen molar-refractivity contribution in [3.05, 3.63) is 70.5 Å². The first-order valence-electron chi connectivity index (χ1n) is 7.14. The second-order valence-corrected chi connectivity index (χ2v) is 5.18. The van der Waals surface area contributed by atoms with E-state index in [0.717, 1.165) is 5.52 Å². The number of hydrogen-bond acceptors (Lipinski definition) is 3. The number of carbonyl (C=O) groups is 1. The maximum absolute atomic E-state index is 12.5. The average Bonchev–Trinajstić information content (AvgIpc) is 2.59. The summed E-state index contributed by atoms with van der Waals surface area (Å²) in [4.78, 5) is 24.8. The number of nitrogens with zero attached hydrogens (tertiary/aromatic N) is 1. The molecule has 1 heterocycles. The van der Waals surface area contributed by atoms with Crippen LogP contribution in [-0.4, -0.2) is 17.6 Å². The summed E-state index contributed by atoms with van der Waals surface area (Å²) >= 11 is 0. The Kier molecular flexibility index (Phi) is 3.85. The lowest BCUT2D eigenvalue weighted by Gasteiger charge is -2.10. The van der Waals surface area contributed by atoms with Crippen LogP contribution in [0.1, 0.15) is 10.4 Å². The summed E-state index contributed by atoms with van der Waals surface area (Å²) in [7, 11) is 3.40. The average molecular weight is 308 g/mol. The fourth-order valence-corrected chi connectivity index (χ4v) is 2.47. The highest BCUT2D eigenvalue weighted by atomic mass is 16.5. The fourth-order valence-electron chi connectivity index (χ4n) is 2.47. The first kappa shape index (κ1) is 14.8. The summed E-state index contributed by atoms with van der Waals surface area (Å²) in [5.74, 6) is 0.336. The zero-order valence-electron chi connectivity index (χ0n) is 12.9. The van der Waals surface area contributed by atoms with Gasteiger partial charge in [-0.2, -0.15) is 0 Å². The van der Waals surface area contributed by atoms with Crippen LogP contribution in [0.3, 0.4) is 0 Å². The zero-order valence-corrected chi connectivity index (χ0v) is 12.9. The summed E-state index contributed by atoms with van der Waals surface area (Å²) in [6, 6.07) is 14.0. The van der Waals surface area contributed by atoms with Crippen molar-refractivity contribution in [1.29, 1.82) is 0 Å². The smallest absolute Gasteiger partial charge is 0.255 e. The van der Waals surface area contributed by atoms with Crippen LogP contribution in [0, 0.1) is 0 Å². The van der Waals surface area contributed by atoms with Gasteiger partial charge in [0.1, 0.15) is 11.4 Å². The standard InChI is InChI=1S/C18H16N2O3/c1-20-11-15(17(21)14-5-3-4-6-16(14)20)19-18(22)12-7-9-13(23-2)10-8-12/h3-11H,1-2H3,(H,19,22). The molecule has 0 aliphatic rings. The summed E-state index contributed by atoms with van der Waals surface area (Å²) in [5, 5.41) is 3.26. The third kappa shape index (κ3) is 2.81. The van der Waals surface area contributed by atoms with Crippen LogP contribution < -0.4 is 15.5 Å². The molecule has 23 heavy (non-hydrogen) atoms. The molecule has 0 unspecified atom stereocenters. The van der Waals surface area contributed by atoms with Gasteiger partial charge in [-0.1, -0.05) is 12.1 Å². The molecule has 3 rings (SSSR count). The Balaban J connectivity index is 1.96. The number of para-hydroxylation sites is 1. The van der Waals surface area contributed by atoms with Crippen molar-refractivity contribution >= 4 is 22.5 Å². The predicted molar refractivity (Wildman–Crippen MR) is 90.1 cm³/mol. The Labute approximate surface area is 133 Å². The minimum absolute atomic E-state index is 0.194. The van der Waals surface area contributed by atoms with Crippen molar-refractivity contribution in [2.45, 2.75) is 0 Å². The van der Waals surface area contributed by atoms with Gasteiger partial charge in [-0.15, -0.1) is 0 Å². The van der Waals surface area contributed by atoms with E-state index in [-0.39, 0.29) is 17.0 Å². The van der Waals surface area contributed by atoms with Crippen molar-refractivity contribution in [2.75, 3.05) is 12.4 Å². The molecule has 0 aliphatic carbocycles. The van der Waals surface area contributed by atoms with E-state index in [1.165, 1.54) is 0 Å². The molecule has 1 amide bonds. The van der Waals surface area contributed by atoms with E-state index in [0.29, 0.717) is 16.7 Å². The Morgan fingerprint density at radius 2 is 1.78 bits per heavy atom. The van der Waals surface area contributed by atoms with Crippen LogP contribution in [0.4, 0.5) is 5.69 Å². The minimum atomic E-state index is -0.333. The van der Waals surface area contributed by atoms with Crippen LogP contribution in [0.2, 0.25) is 0 Å². The zero-order chi connectivity index (χ0) is 16.4. The number of anilines is 1. The van der Waals surface area contributed by atoms with Crippen LogP contribution in [0.15, 0.2) is 59.5 Å². The molecule has 116 valence electrons. The lowest BCUT2D eigenvalue weighted by molar-refractivity contribution is 0.102. The number of ether oxygens (including phenoxy) is 1. The van der Waals surface area contributed by atoms with Gasteiger partial charge in [-0.05, 0) is 36.4 Å². The van der Waals surface area contributed by atoms with E-state index < -0.39 is 0 Å². The number of rotatable bonds is 3. The van der Waals surface area contributed by atoms with E-state index in [2.05, 4.69) is 5.32 Å². The molecule has 3 aromatic rings. The molecule has 0 aliphatic heterocycles. The fraction of sp³-hybridized carbons (Fsp3) is 0.111. The van der Waals surface area contributed by atoms with Gasteiger partial charge in [0.25, 0.3) is 5.91 Å². The largest absolute Gasteiger partial charge is 0.497 e. The number of aryl methyl sites for hydroxylation is 1. The number of amides is 1. The van der Waals surface area contributed by atoms with Gasteiger partial charge in [-0.25, -0.2) is 0 Å². The molecule has 2 aromatic carbocycles. The number of methoxy groups -OCH3 is 1. The molecule has 0 radical (unpaired) electrons. The van der Waals surface area contributed by atoms with Crippen molar-refractivity contribution < 1.29 is 9.53 Å². The Morgan fingerprint density at radius 3 is 2.48 bits per heavy atom. The first-order valence-corrected chi connectivity index (χ1v) is 7.14. The van der Waals surface area contributed by atoms with E-state index in [4.69, 9.17) is 4.74 Å². The van der Waals surface area contributed by atoms with Crippen LogP contribution in [0.5, 0.6) is 5.75 Å². The second-order valence-electron chi connectivity index (χ2n) is 5.18. The molecule has 0 bridgehead atoms. The minimum Gasteiger partial charge on any atom is -0.497 e. The number of aromatic nitrogens is 1. The highest BCUT2D eigenvalue weighted by molar-refractivity contribution is 6.04. The number of benzene rings is 2. The normalized spacial score (nSPS) is 10.5. The third-order valence-corrected chi connectivity index (χ3v) is 3.70. The molecule has 1 N–H and O–H groups in total. The molecule has 5 nitrogen and oxygen atoms in total. The number of carbonyl (C=O) groups excluding carboxylic acids is 1. The van der Waals surface area contributed by atoms with Gasteiger partial charge in [0, 0.05) is 24.2 Å². The summed E-state index contributed by atoms with van der Waals surface area (Å²) in [6.45, 7) is 0. The summed E-state index contributed by atoms with van der Waals surface area (Å²) < 4.78 is 6.89. The van der Waals surface area contributed by atoms with Gasteiger partial charge >= 0.3 is 0 Å². The van der Waals surface area contributed by atoms with E-state index in [1.807, 2.05) is 23.7 Å². The monoisotopic (exact) mass is 308 g/mol. The van der Waals surface area contributed by atoms with Crippen molar-refractivity contribution in [3.63, 3.8) is 0 Å². The van der Waals surface area contributed by atoms with Gasteiger partial charge in [0.05, 0.1) is 12.6 Å². The molecule has 0 atom stereocenters. The van der Waals surface area contributed by atoms with Gasteiger partial charge in [-0.3, -0.25) is 9.59 Å². The van der Waals surface area contributed by atoms with Crippen LogP contribution in [0.25, 0.3) is 10.9 Å². The highest BCUT2D eigenvalue weighted by Crippen LogP contribution is 2.15. The van der Waals surface area contributed by atoms with Crippen LogP contribution >= 0.6 is 0 Å². The van der Waals surface area contributed by atoms with Crippen molar-refractivity contribution in [1.82, 2.24) is 4.57 Å². The number of pyridine rings is 1. The molecule has 5 heteroatoms. The molecular formula is C18H16N2O3. The third-order valence-electron chi connectivity index (χ3n) is 3.70. The quantitative estimate of drug-likeness (QED) is 0.809. The number of nitrogens with one attached hydrogen (secondary N) is 1.